The molecule has 2 amide bonds. The fourth-order valence-electron chi connectivity index (χ4n) is 4.71. The summed E-state index contributed by atoms with van der Waals surface area (Å²) in [7, 11) is 3.22. The zero-order valence-electron chi connectivity index (χ0n) is 20.1. The van der Waals surface area contributed by atoms with Crippen LogP contribution in [0.25, 0.3) is 10.8 Å². The largest absolute Gasteiger partial charge is 0.493 e. The minimum absolute atomic E-state index is 0.0420. The molecule has 1 heterocycles. The molecule has 3 aromatic rings. The van der Waals surface area contributed by atoms with Crippen LogP contribution in [0.3, 0.4) is 0 Å². The van der Waals surface area contributed by atoms with E-state index in [4.69, 9.17) is 9.47 Å². The number of methoxy groups -OCH3 is 2. The molecule has 6 nitrogen and oxygen atoms in total. The summed E-state index contributed by atoms with van der Waals surface area (Å²) in [5, 5.41) is 2.03. The van der Waals surface area contributed by atoms with Crippen molar-refractivity contribution in [3.8, 4) is 11.5 Å². The van der Waals surface area contributed by atoms with E-state index >= 15 is 0 Å². The normalized spacial score (nSPS) is 14.1. The minimum atomic E-state index is -0.0725. The molecule has 0 radical (unpaired) electrons. The smallest absolute Gasteiger partial charge is 0.254 e. The summed E-state index contributed by atoms with van der Waals surface area (Å²) in [6, 6.07) is 19.5. The Kier molecular flexibility index (Phi) is 7.36. The van der Waals surface area contributed by atoms with Crippen LogP contribution in [-0.2, 0) is 11.3 Å². The first-order valence-electron chi connectivity index (χ1n) is 11.8. The van der Waals surface area contributed by atoms with Crippen molar-refractivity contribution in [2.75, 3.05) is 33.9 Å². The zero-order valence-corrected chi connectivity index (χ0v) is 20.1. The number of nitrogens with zero attached hydrogens (tertiary/aromatic N) is 2. The van der Waals surface area contributed by atoms with Gasteiger partial charge >= 0.3 is 0 Å². The van der Waals surface area contributed by atoms with E-state index in [2.05, 4.69) is 0 Å². The topological polar surface area (TPSA) is 59.1 Å². The summed E-state index contributed by atoms with van der Waals surface area (Å²) in [4.78, 5) is 30.3. The second-order valence-corrected chi connectivity index (χ2v) is 8.63. The van der Waals surface area contributed by atoms with E-state index in [0.29, 0.717) is 50.5 Å². The molecule has 6 heteroatoms. The van der Waals surface area contributed by atoms with E-state index in [-0.39, 0.29) is 17.7 Å². The fourth-order valence-corrected chi connectivity index (χ4v) is 4.71. The first-order valence-corrected chi connectivity index (χ1v) is 11.8. The number of carbonyl (C=O) groups excluding carboxylic acids is 2. The van der Waals surface area contributed by atoms with Gasteiger partial charge in [-0.15, -0.1) is 0 Å². The third kappa shape index (κ3) is 4.86. The van der Waals surface area contributed by atoms with Crippen LogP contribution in [0.5, 0.6) is 11.5 Å². The summed E-state index contributed by atoms with van der Waals surface area (Å²) < 4.78 is 10.7. The Labute approximate surface area is 201 Å². The summed E-state index contributed by atoms with van der Waals surface area (Å²) >= 11 is 0. The molecule has 0 N–H and O–H groups in total. The van der Waals surface area contributed by atoms with Gasteiger partial charge in [0.25, 0.3) is 5.91 Å². The number of hydrogen-bond donors (Lipinski definition) is 0. The van der Waals surface area contributed by atoms with Crippen LogP contribution in [0.4, 0.5) is 0 Å². The van der Waals surface area contributed by atoms with Gasteiger partial charge in [0, 0.05) is 37.7 Å². The number of piperidine rings is 1. The molecule has 0 saturated carbocycles. The lowest BCUT2D eigenvalue weighted by molar-refractivity contribution is -0.137. The zero-order chi connectivity index (χ0) is 24.1. The number of carbonyl (C=O) groups is 2. The van der Waals surface area contributed by atoms with E-state index in [9.17, 15) is 9.59 Å². The Morgan fingerprint density at radius 3 is 2.35 bits per heavy atom. The summed E-state index contributed by atoms with van der Waals surface area (Å²) in [6.07, 6.45) is 1.36. The van der Waals surface area contributed by atoms with Crippen molar-refractivity contribution in [2.45, 2.75) is 26.3 Å². The van der Waals surface area contributed by atoms with Gasteiger partial charge in [-0.3, -0.25) is 9.59 Å². The predicted molar refractivity (Wildman–Crippen MR) is 133 cm³/mol. The van der Waals surface area contributed by atoms with Crippen molar-refractivity contribution >= 4 is 22.6 Å². The lowest BCUT2D eigenvalue weighted by Crippen LogP contribution is -2.44. The van der Waals surface area contributed by atoms with Crippen molar-refractivity contribution < 1.29 is 19.1 Å². The van der Waals surface area contributed by atoms with E-state index in [1.54, 1.807) is 14.2 Å². The maximum absolute atomic E-state index is 13.3. The Hall–Kier alpha value is -3.54. The monoisotopic (exact) mass is 460 g/mol. The second kappa shape index (κ2) is 10.6. The molecule has 0 aromatic heterocycles. The highest BCUT2D eigenvalue weighted by Crippen LogP contribution is 2.29. The SMILES string of the molecule is CCN(Cc1ccc(OC)c(OC)c1)C(=O)C1CCN(C(=O)c2cccc3ccccc23)CC1. The summed E-state index contributed by atoms with van der Waals surface area (Å²) in [5.41, 5.74) is 1.72. The van der Waals surface area contributed by atoms with Crippen LogP contribution in [0.1, 0.15) is 35.7 Å². The summed E-state index contributed by atoms with van der Waals surface area (Å²) in [5.74, 6) is 1.44. The van der Waals surface area contributed by atoms with Gasteiger partial charge in [0.05, 0.1) is 14.2 Å². The average Bonchev–Trinajstić information content (AvgIpc) is 2.90. The quantitative estimate of drug-likeness (QED) is 0.510. The molecule has 0 spiro atoms. The number of fused-ring (bicyclic) bond motifs is 1. The molecule has 1 aliphatic rings. The van der Waals surface area contributed by atoms with Crippen LogP contribution < -0.4 is 9.47 Å². The van der Waals surface area contributed by atoms with Crippen molar-refractivity contribution in [1.29, 1.82) is 0 Å². The van der Waals surface area contributed by atoms with E-state index in [1.807, 2.05) is 77.4 Å². The van der Waals surface area contributed by atoms with Crippen molar-refractivity contribution in [2.24, 2.45) is 5.92 Å². The first-order chi connectivity index (χ1) is 16.5. The highest BCUT2D eigenvalue weighted by Gasteiger charge is 2.30. The van der Waals surface area contributed by atoms with Gasteiger partial charge in [0.15, 0.2) is 11.5 Å². The van der Waals surface area contributed by atoms with Gasteiger partial charge in [-0.05, 0) is 54.3 Å². The van der Waals surface area contributed by atoms with Gasteiger partial charge in [-0.1, -0.05) is 42.5 Å². The molecule has 0 atom stereocenters. The van der Waals surface area contributed by atoms with Crippen LogP contribution in [0, 0.1) is 5.92 Å². The van der Waals surface area contributed by atoms with Crippen LogP contribution >= 0.6 is 0 Å². The fraction of sp³-hybridized carbons (Fsp3) is 0.357. The Morgan fingerprint density at radius 2 is 1.65 bits per heavy atom. The number of likely N-dealkylation sites (tertiary alicyclic amines) is 1. The maximum atomic E-state index is 13.3. The highest BCUT2D eigenvalue weighted by atomic mass is 16.5. The maximum Gasteiger partial charge on any atom is 0.254 e. The Morgan fingerprint density at radius 1 is 0.941 bits per heavy atom. The van der Waals surface area contributed by atoms with Gasteiger partial charge in [-0.2, -0.15) is 0 Å². The Bertz CT molecular complexity index is 1160. The second-order valence-electron chi connectivity index (χ2n) is 8.63. The third-order valence-electron chi connectivity index (χ3n) is 6.67. The molecular formula is C28H32N2O4. The van der Waals surface area contributed by atoms with Gasteiger partial charge in [-0.25, -0.2) is 0 Å². The Balaban J connectivity index is 1.40. The van der Waals surface area contributed by atoms with Gasteiger partial charge in [0.1, 0.15) is 0 Å². The standard InChI is InChI=1S/C28H32N2O4/c1-4-29(19-20-12-13-25(33-2)26(18-20)34-3)27(31)22-14-16-30(17-15-22)28(32)24-11-7-9-21-8-5-6-10-23(21)24/h5-13,18,22H,4,14-17,19H2,1-3H3. The van der Waals surface area contributed by atoms with Crippen LogP contribution in [-0.4, -0.2) is 55.5 Å². The van der Waals surface area contributed by atoms with Crippen molar-refractivity contribution in [3.05, 3.63) is 71.8 Å². The molecule has 1 fully saturated rings. The molecule has 3 aromatic carbocycles. The number of benzene rings is 3. The predicted octanol–water partition coefficient (Wildman–Crippen LogP) is 4.76. The molecule has 0 bridgehead atoms. The van der Waals surface area contributed by atoms with E-state index < -0.39 is 0 Å². The third-order valence-corrected chi connectivity index (χ3v) is 6.67. The average molecular weight is 461 g/mol. The van der Waals surface area contributed by atoms with Gasteiger partial charge in [0.2, 0.25) is 5.91 Å². The van der Waals surface area contributed by atoms with Gasteiger partial charge < -0.3 is 19.3 Å². The van der Waals surface area contributed by atoms with E-state index in [0.717, 1.165) is 21.9 Å². The van der Waals surface area contributed by atoms with E-state index in [1.165, 1.54) is 0 Å². The lowest BCUT2D eigenvalue weighted by Gasteiger charge is -2.34. The van der Waals surface area contributed by atoms with Crippen LogP contribution in [0.15, 0.2) is 60.7 Å². The number of hydrogen-bond acceptors (Lipinski definition) is 4. The molecule has 178 valence electrons. The van der Waals surface area contributed by atoms with Crippen LogP contribution in [0.2, 0.25) is 0 Å². The minimum Gasteiger partial charge on any atom is -0.493 e. The highest BCUT2D eigenvalue weighted by molar-refractivity contribution is 6.07. The summed E-state index contributed by atoms with van der Waals surface area (Å²) in [6.45, 7) is 4.32. The molecule has 0 aliphatic carbocycles. The first kappa shape index (κ1) is 23.6. The molecule has 1 saturated heterocycles. The molecule has 34 heavy (non-hydrogen) atoms. The molecule has 4 rings (SSSR count). The molecule has 0 unspecified atom stereocenters. The molecular weight excluding hydrogens is 428 g/mol. The number of amides is 2. The number of rotatable bonds is 7. The lowest BCUT2D eigenvalue weighted by atomic mass is 9.94. The molecule has 1 aliphatic heterocycles. The number of ether oxygens (including phenoxy) is 2. The van der Waals surface area contributed by atoms with Crippen molar-refractivity contribution in [3.63, 3.8) is 0 Å². The van der Waals surface area contributed by atoms with Crippen molar-refractivity contribution in [1.82, 2.24) is 9.80 Å².